The molecule has 5 heteroatoms. The van der Waals surface area contributed by atoms with Gasteiger partial charge in [0.1, 0.15) is 0 Å². The first-order valence-corrected chi connectivity index (χ1v) is 7.71. The summed E-state index contributed by atoms with van der Waals surface area (Å²) in [5.41, 5.74) is 5.01. The van der Waals surface area contributed by atoms with Gasteiger partial charge >= 0.3 is 0 Å². The van der Waals surface area contributed by atoms with Crippen LogP contribution in [0.4, 0.5) is 5.69 Å². The van der Waals surface area contributed by atoms with Gasteiger partial charge in [0.05, 0.1) is 30.1 Å². The molecule has 1 aliphatic heterocycles. The van der Waals surface area contributed by atoms with E-state index in [9.17, 15) is 0 Å². The zero-order chi connectivity index (χ0) is 14.7. The maximum absolute atomic E-state index is 6.31. The Morgan fingerprint density at radius 2 is 2.33 bits per heavy atom. The highest BCUT2D eigenvalue weighted by molar-refractivity contribution is 6.31. The van der Waals surface area contributed by atoms with Gasteiger partial charge in [0.15, 0.2) is 0 Å². The Labute approximate surface area is 130 Å². The number of para-hydroxylation sites is 1. The summed E-state index contributed by atoms with van der Waals surface area (Å²) in [6.45, 7) is 2.40. The minimum atomic E-state index is 0.635. The molecule has 0 radical (unpaired) electrons. The summed E-state index contributed by atoms with van der Waals surface area (Å²) in [5.74, 6) is 0. The molecule has 0 saturated carbocycles. The lowest BCUT2D eigenvalue weighted by atomic mass is 9.97. The Morgan fingerprint density at radius 3 is 3.19 bits per heavy atom. The third-order valence-corrected chi connectivity index (χ3v) is 4.24. The van der Waals surface area contributed by atoms with Crippen LogP contribution in [0.15, 0.2) is 24.4 Å². The average molecular weight is 306 g/mol. The van der Waals surface area contributed by atoms with Gasteiger partial charge in [0.25, 0.3) is 0 Å². The summed E-state index contributed by atoms with van der Waals surface area (Å²) in [7, 11) is 1.70. The van der Waals surface area contributed by atoms with E-state index in [-0.39, 0.29) is 0 Å². The highest BCUT2D eigenvalue weighted by Crippen LogP contribution is 2.29. The Bertz CT molecular complexity index is 624. The molecule has 0 amide bonds. The third-order valence-electron chi connectivity index (χ3n) is 3.92. The van der Waals surface area contributed by atoms with E-state index in [1.54, 1.807) is 13.3 Å². The van der Waals surface area contributed by atoms with Crippen LogP contribution in [0.25, 0.3) is 0 Å². The quantitative estimate of drug-likeness (QED) is 0.922. The lowest BCUT2D eigenvalue weighted by Gasteiger charge is -2.21. The van der Waals surface area contributed by atoms with Crippen molar-refractivity contribution in [1.82, 2.24) is 9.78 Å². The van der Waals surface area contributed by atoms with Crippen LogP contribution >= 0.6 is 11.6 Å². The number of methoxy groups -OCH3 is 1. The molecule has 4 nitrogen and oxygen atoms in total. The van der Waals surface area contributed by atoms with Crippen LogP contribution in [-0.4, -0.2) is 30.0 Å². The summed E-state index contributed by atoms with van der Waals surface area (Å²) in [6, 6.07) is 6.50. The van der Waals surface area contributed by atoms with Crippen LogP contribution < -0.4 is 5.32 Å². The number of fused-ring (bicyclic) bond motifs is 1. The minimum absolute atomic E-state index is 0.635. The van der Waals surface area contributed by atoms with Crippen molar-refractivity contribution < 1.29 is 4.74 Å². The van der Waals surface area contributed by atoms with E-state index in [2.05, 4.69) is 28.6 Å². The number of nitrogens with one attached hydrogen (secondary N) is 1. The van der Waals surface area contributed by atoms with Crippen LogP contribution in [0, 0.1) is 0 Å². The summed E-state index contributed by atoms with van der Waals surface area (Å²) in [5, 5.41) is 8.60. The first kappa shape index (κ1) is 14.4. The fraction of sp³-hybridized carbons (Fsp3) is 0.438. The lowest BCUT2D eigenvalue weighted by molar-refractivity contribution is 0.182. The normalized spacial score (nSPS) is 13.8. The molecular formula is C16H20ClN3O. The second-order valence-corrected chi connectivity index (χ2v) is 5.72. The number of aryl methyl sites for hydroxylation is 1. The van der Waals surface area contributed by atoms with Gasteiger partial charge in [0, 0.05) is 25.8 Å². The molecule has 2 heterocycles. The maximum Gasteiger partial charge on any atom is 0.0821 e. The number of rotatable bonds is 5. The van der Waals surface area contributed by atoms with Crippen LogP contribution in [0.1, 0.15) is 23.2 Å². The van der Waals surface area contributed by atoms with Gasteiger partial charge in [-0.2, -0.15) is 5.10 Å². The van der Waals surface area contributed by atoms with Crippen molar-refractivity contribution in [2.75, 3.05) is 25.6 Å². The molecule has 0 unspecified atom stereocenters. The summed E-state index contributed by atoms with van der Waals surface area (Å²) >= 11 is 6.31. The number of aromatic nitrogens is 2. The van der Waals surface area contributed by atoms with E-state index < -0.39 is 0 Å². The van der Waals surface area contributed by atoms with E-state index in [0.29, 0.717) is 6.61 Å². The van der Waals surface area contributed by atoms with E-state index in [1.165, 1.54) is 23.2 Å². The van der Waals surface area contributed by atoms with Gasteiger partial charge < -0.3 is 10.1 Å². The molecule has 1 aliphatic rings. The van der Waals surface area contributed by atoms with Crippen molar-refractivity contribution in [3.05, 3.63) is 46.2 Å². The van der Waals surface area contributed by atoms with Gasteiger partial charge in [-0.05, 0) is 24.0 Å². The van der Waals surface area contributed by atoms with Crippen molar-refractivity contribution in [2.45, 2.75) is 25.8 Å². The standard InChI is InChI=1S/C16H20ClN3O/c1-21-9-8-20-15(14(17)11-19-20)10-13-5-2-4-12-6-3-7-18-16(12)13/h2,4-5,11,18H,3,6-10H2,1H3. The van der Waals surface area contributed by atoms with E-state index in [4.69, 9.17) is 16.3 Å². The topological polar surface area (TPSA) is 39.1 Å². The Morgan fingerprint density at radius 1 is 1.43 bits per heavy atom. The number of hydrogen-bond acceptors (Lipinski definition) is 3. The average Bonchev–Trinajstić information content (AvgIpc) is 2.86. The molecule has 0 saturated heterocycles. The SMILES string of the molecule is COCCn1ncc(Cl)c1Cc1cccc2c1NCCC2. The molecule has 3 rings (SSSR count). The molecule has 2 aromatic rings. The van der Waals surface area contributed by atoms with E-state index >= 15 is 0 Å². The van der Waals surface area contributed by atoms with Gasteiger partial charge in [0.2, 0.25) is 0 Å². The highest BCUT2D eigenvalue weighted by atomic mass is 35.5. The number of halogens is 1. The molecule has 0 atom stereocenters. The highest BCUT2D eigenvalue weighted by Gasteiger charge is 2.16. The fourth-order valence-electron chi connectivity index (χ4n) is 2.84. The van der Waals surface area contributed by atoms with Gasteiger partial charge in [-0.15, -0.1) is 0 Å². The Kier molecular flexibility index (Phi) is 4.46. The largest absolute Gasteiger partial charge is 0.385 e. The minimum Gasteiger partial charge on any atom is -0.385 e. The van der Waals surface area contributed by atoms with Crippen molar-refractivity contribution >= 4 is 17.3 Å². The summed E-state index contributed by atoms with van der Waals surface area (Å²) < 4.78 is 7.07. The number of nitrogens with zero attached hydrogens (tertiary/aromatic N) is 2. The van der Waals surface area contributed by atoms with E-state index in [0.717, 1.165) is 36.6 Å². The third kappa shape index (κ3) is 3.06. The molecule has 0 aliphatic carbocycles. The van der Waals surface area contributed by atoms with Crippen molar-refractivity contribution in [3.63, 3.8) is 0 Å². The number of anilines is 1. The predicted octanol–water partition coefficient (Wildman–Crippen LogP) is 3.13. The van der Waals surface area contributed by atoms with Gasteiger partial charge in [-0.25, -0.2) is 0 Å². The molecule has 0 bridgehead atoms. The first-order valence-electron chi connectivity index (χ1n) is 7.33. The number of benzene rings is 1. The predicted molar refractivity (Wildman–Crippen MR) is 85.2 cm³/mol. The second kappa shape index (κ2) is 6.50. The molecule has 112 valence electrons. The van der Waals surface area contributed by atoms with Crippen molar-refractivity contribution in [2.24, 2.45) is 0 Å². The summed E-state index contributed by atoms with van der Waals surface area (Å²) in [6.07, 6.45) is 4.85. The molecule has 1 aromatic heterocycles. The van der Waals surface area contributed by atoms with Crippen LogP contribution in [0.5, 0.6) is 0 Å². The molecule has 21 heavy (non-hydrogen) atoms. The van der Waals surface area contributed by atoms with Gasteiger partial charge in [-0.1, -0.05) is 29.8 Å². The van der Waals surface area contributed by atoms with Crippen LogP contribution in [-0.2, 0) is 24.1 Å². The zero-order valence-electron chi connectivity index (χ0n) is 12.2. The van der Waals surface area contributed by atoms with Crippen molar-refractivity contribution in [1.29, 1.82) is 0 Å². The van der Waals surface area contributed by atoms with Crippen molar-refractivity contribution in [3.8, 4) is 0 Å². The zero-order valence-corrected chi connectivity index (χ0v) is 13.0. The Hall–Kier alpha value is -1.52. The number of ether oxygens (including phenoxy) is 1. The van der Waals surface area contributed by atoms with Crippen LogP contribution in [0.2, 0.25) is 5.02 Å². The molecule has 1 aromatic carbocycles. The molecule has 0 spiro atoms. The lowest BCUT2D eigenvalue weighted by Crippen LogP contribution is -2.15. The van der Waals surface area contributed by atoms with Gasteiger partial charge in [-0.3, -0.25) is 4.68 Å². The number of hydrogen-bond donors (Lipinski definition) is 1. The van der Waals surface area contributed by atoms with Crippen LogP contribution in [0.3, 0.4) is 0 Å². The molecular weight excluding hydrogens is 286 g/mol. The second-order valence-electron chi connectivity index (χ2n) is 5.31. The monoisotopic (exact) mass is 305 g/mol. The molecule has 0 fully saturated rings. The fourth-order valence-corrected chi connectivity index (χ4v) is 3.05. The smallest absolute Gasteiger partial charge is 0.0821 e. The first-order chi connectivity index (χ1) is 10.3. The van der Waals surface area contributed by atoms with E-state index in [1.807, 2.05) is 4.68 Å². The maximum atomic E-state index is 6.31. The Balaban J connectivity index is 1.88. The summed E-state index contributed by atoms with van der Waals surface area (Å²) in [4.78, 5) is 0. The molecule has 1 N–H and O–H groups in total.